The molecule has 1 N–H and O–H groups in total. The van der Waals surface area contributed by atoms with Crippen molar-refractivity contribution in [1.82, 2.24) is 0 Å². The van der Waals surface area contributed by atoms with Gasteiger partial charge in [0.25, 0.3) is 0 Å². The third-order valence-corrected chi connectivity index (χ3v) is 26.0. The third kappa shape index (κ3) is 13.7. The van der Waals surface area contributed by atoms with Crippen LogP contribution in [0.5, 0.6) is 5.75 Å². The van der Waals surface area contributed by atoms with Crippen LogP contribution in [0.1, 0.15) is 100 Å². The van der Waals surface area contributed by atoms with E-state index in [0.717, 1.165) is 25.0 Å². The van der Waals surface area contributed by atoms with Crippen LogP contribution in [0.15, 0.2) is 48.6 Å². The maximum absolute atomic E-state index is 13.5. The van der Waals surface area contributed by atoms with E-state index in [4.69, 9.17) is 18.0 Å². The summed E-state index contributed by atoms with van der Waals surface area (Å²) in [5.41, 5.74) is -0.755. The second-order valence-electron chi connectivity index (χ2n) is 20.0. The molecule has 1 saturated carbocycles. The van der Waals surface area contributed by atoms with Crippen molar-refractivity contribution in [2.24, 2.45) is 17.8 Å². The second-order valence-corrected chi connectivity index (χ2v) is 34.2. The zero-order chi connectivity index (χ0) is 41.7. The molecule has 2 rings (SSSR count). The minimum atomic E-state index is -4.47. The van der Waals surface area contributed by atoms with Gasteiger partial charge < -0.3 is 23.1 Å². The number of carboxylic acids is 1. The number of ether oxygens (including phenoxy) is 1. The number of hydrogen-bond acceptors (Lipinski definition) is 5. The fourth-order valence-electron chi connectivity index (χ4n) is 5.75. The van der Waals surface area contributed by atoms with E-state index in [1.807, 2.05) is 0 Å². The van der Waals surface area contributed by atoms with Crippen molar-refractivity contribution in [3.05, 3.63) is 54.1 Å². The Balaban J connectivity index is 2.64. The Kier molecular flexibility index (Phi) is 16.4. The Morgan fingerprint density at radius 1 is 0.852 bits per heavy atom. The van der Waals surface area contributed by atoms with Crippen LogP contribution in [0.2, 0.25) is 54.4 Å². The predicted octanol–water partition coefficient (Wildman–Crippen LogP) is 12.9. The van der Waals surface area contributed by atoms with Crippen molar-refractivity contribution in [3.8, 4) is 5.75 Å². The molecule has 0 radical (unpaired) electrons. The first-order chi connectivity index (χ1) is 24.3. The van der Waals surface area contributed by atoms with Gasteiger partial charge in [0.05, 0.1) is 29.8 Å². The van der Waals surface area contributed by atoms with E-state index in [0.29, 0.717) is 12.8 Å². The van der Waals surface area contributed by atoms with Gasteiger partial charge in [-0.15, -0.1) is 0 Å². The first-order valence-electron chi connectivity index (χ1n) is 19.7. The molecule has 0 aromatic heterocycles. The van der Waals surface area contributed by atoms with Crippen molar-refractivity contribution >= 4 is 30.9 Å². The molecule has 0 aliphatic heterocycles. The molecular formula is C42H73F3O6Si3. The van der Waals surface area contributed by atoms with Gasteiger partial charge in [0.2, 0.25) is 0 Å². The Morgan fingerprint density at radius 3 is 1.89 bits per heavy atom. The van der Waals surface area contributed by atoms with Crippen molar-refractivity contribution < 1.29 is 41.1 Å². The normalized spacial score (nSPS) is 22.3. The minimum absolute atomic E-state index is 0.00687. The molecule has 1 aliphatic rings. The van der Waals surface area contributed by atoms with E-state index in [2.05, 4.69) is 126 Å². The summed E-state index contributed by atoms with van der Waals surface area (Å²) in [5.74, 6) is -1.01. The first kappa shape index (κ1) is 48.4. The summed E-state index contributed by atoms with van der Waals surface area (Å²) in [4.78, 5) is 11.4. The predicted molar refractivity (Wildman–Crippen MR) is 224 cm³/mol. The number of carboxylic acid groups (broad SMARTS) is 1. The lowest BCUT2D eigenvalue weighted by Gasteiger charge is -2.40. The van der Waals surface area contributed by atoms with E-state index >= 15 is 0 Å². The van der Waals surface area contributed by atoms with Gasteiger partial charge in [-0.05, 0) is 104 Å². The zero-order valence-corrected chi connectivity index (χ0v) is 39.2. The molecule has 0 spiro atoms. The van der Waals surface area contributed by atoms with E-state index in [1.165, 1.54) is 6.07 Å². The molecule has 0 amide bonds. The number of rotatable bonds is 17. The molecule has 0 bridgehead atoms. The van der Waals surface area contributed by atoms with Crippen molar-refractivity contribution in [3.63, 3.8) is 0 Å². The van der Waals surface area contributed by atoms with Gasteiger partial charge in [0.15, 0.2) is 25.0 Å². The molecule has 1 fully saturated rings. The summed E-state index contributed by atoms with van der Waals surface area (Å²) in [7, 11) is -6.76. The third-order valence-electron chi connectivity index (χ3n) is 12.5. The lowest BCUT2D eigenvalue weighted by molar-refractivity contribution is -0.141. The summed E-state index contributed by atoms with van der Waals surface area (Å²) in [6.45, 7) is 35.2. The van der Waals surface area contributed by atoms with Gasteiger partial charge in [-0.1, -0.05) is 99.6 Å². The summed E-state index contributed by atoms with van der Waals surface area (Å²) >= 11 is 0. The summed E-state index contributed by atoms with van der Waals surface area (Å²) in [6.07, 6.45) is 6.12. The van der Waals surface area contributed by atoms with E-state index in [-0.39, 0.29) is 51.5 Å². The van der Waals surface area contributed by atoms with Gasteiger partial charge in [-0.3, -0.25) is 4.79 Å². The van der Waals surface area contributed by atoms with Crippen LogP contribution in [-0.2, 0) is 24.2 Å². The highest BCUT2D eigenvalue weighted by atomic mass is 28.4. The Morgan fingerprint density at radius 2 is 1.39 bits per heavy atom. The van der Waals surface area contributed by atoms with Crippen LogP contribution in [0, 0.1) is 17.8 Å². The van der Waals surface area contributed by atoms with Crippen molar-refractivity contribution in [1.29, 1.82) is 0 Å². The van der Waals surface area contributed by atoms with Gasteiger partial charge in [0.1, 0.15) is 12.4 Å². The Bertz CT molecular complexity index is 1420. The monoisotopic (exact) mass is 814 g/mol. The molecule has 54 heavy (non-hydrogen) atoms. The first-order valence-corrected chi connectivity index (χ1v) is 28.4. The van der Waals surface area contributed by atoms with Crippen LogP contribution in [0.4, 0.5) is 13.2 Å². The van der Waals surface area contributed by atoms with Crippen molar-refractivity contribution in [2.75, 3.05) is 6.61 Å². The maximum atomic E-state index is 13.5. The van der Waals surface area contributed by atoms with Crippen LogP contribution in [-0.4, -0.2) is 60.9 Å². The number of carbonyl (C=O) groups is 1. The van der Waals surface area contributed by atoms with E-state index in [9.17, 15) is 23.1 Å². The number of aliphatic carboxylic acids is 1. The summed E-state index contributed by atoms with van der Waals surface area (Å²) < 4.78 is 68.1. The molecule has 1 aliphatic carbocycles. The van der Waals surface area contributed by atoms with Crippen LogP contribution in [0.3, 0.4) is 0 Å². The largest absolute Gasteiger partial charge is 0.491 e. The molecule has 0 saturated heterocycles. The highest BCUT2D eigenvalue weighted by Gasteiger charge is 2.50. The molecular weight excluding hydrogens is 742 g/mol. The molecule has 1 aromatic rings. The number of halogens is 3. The van der Waals surface area contributed by atoms with Crippen LogP contribution in [0.25, 0.3) is 0 Å². The maximum Gasteiger partial charge on any atom is 0.416 e. The van der Waals surface area contributed by atoms with Crippen LogP contribution >= 0.6 is 0 Å². The van der Waals surface area contributed by atoms with Crippen molar-refractivity contribution in [2.45, 2.75) is 174 Å². The fourth-order valence-corrected chi connectivity index (χ4v) is 9.75. The van der Waals surface area contributed by atoms with Crippen LogP contribution < -0.4 is 4.74 Å². The lowest BCUT2D eigenvalue weighted by Crippen LogP contribution is -2.45. The quantitative estimate of drug-likeness (QED) is 0.125. The minimum Gasteiger partial charge on any atom is -0.491 e. The molecule has 6 atom stereocenters. The number of benzene rings is 1. The van der Waals surface area contributed by atoms with E-state index < -0.39 is 54.7 Å². The molecule has 2 unspecified atom stereocenters. The molecule has 1 aromatic carbocycles. The smallest absolute Gasteiger partial charge is 0.416 e. The topological polar surface area (TPSA) is 74.2 Å². The van der Waals surface area contributed by atoms with Gasteiger partial charge in [-0.25, -0.2) is 0 Å². The lowest BCUT2D eigenvalue weighted by atomic mass is 9.89. The Labute approximate surface area is 329 Å². The standard InChI is InChI=1S/C42H73F3O6Si3/c1-30(38(46)47)21-18-17-19-24-34-35(37(51-54(15,16)41(8,9)10)28-36(34)50-53(13,14)40(5,6)7)26-25-33(49-52(11,12)39(2,3)4)29-48-32-23-20-22-31(27-32)42(43,44)45/h17,19-20,22-23,25-27,30,33-37H,18,21,24,28-29H2,1-16H3,(H,46,47)/b19-17-,26-25+/t30?,33?,34-,35-,36+,37-/m1/s1. The fraction of sp³-hybridized carbons (Fsp3) is 0.738. The molecule has 12 heteroatoms. The van der Waals surface area contributed by atoms with Gasteiger partial charge >= 0.3 is 12.1 Å². The highest BCUT2D eigenvalue weighted by molar-refractivity contribution is 6.75. The SMILES string of the molecule is CC(CC/C=C\C[C@@H]1[C@@H](/C=C/C(COc2cccc(C(F)(F)F)c2)O[Si](C)(C)C(C)(C)C)[C@H](O[Si](C)(C)C(C)(C)C)C[C@@H]1O[Si](C)(C)C(C)(C)C)C(=O)O. The molecule has 6 nitrogen and oxygen atoms in total. The Hall–Kier alpha value is -1.71. The summed E-state index contributed by atoms with van der Waals surface area (Å²) in [5, 5.41) is 9.27. The van der Waals surface area contributed by atoms with E-state index in [1.54, 1.807) is 13.0 Å². The molecule has 310 valence electrons. The number of alkyl halides is 3. The molecule has 0 heterocycles. The van der Waals surface area contributed by atoms with Gasteiger partial charge in [-0.2, -0.15) is 13.2 Å². The highest BCUT2D eigenvalue weighted by Crippen LogP contribution is 2.48. The zero-order valence-electron chi connectivity index (χ0n) is 36.2. The summed E-state index contributed by atoms with van der Waals surface area (Å²) in [6, 6.07) is 4.99. The van der Waals surface area contributed by atoms with Gasteiger partial charge in [0, 0.05) is 5.92 Å². The second kappa shape index (κ2) is 18.3. The average Bonchev–Trinajstić information content (AvgIpc) is 3.29. The number of hydrogen-bond donors (Lipinski definition) is 1. The average molecular weight is 815 g/mol. The number of allylic oxidation sites excluding steroid dienone is 2.